The van der Waals surface area contributed by atoms with Gasteiger partial charge in [-0.3, -0.25) is 0 Å². The fraction of sp³-hybridized carbons (Fsp3) is 0.467. The molecule has 2 aliphatic rings. The fourth-order valence-electron chi connectivity index (χ4n) is 3.47. The fourth-order valence-corrected chi connectivity index (χ4v) is 3.47. The van der Waals surface area contributed by atoms with Crippen LogP contribution in [-0.4, -0.2) is 11.2 Å². The molecule has 1 heteroatoms. The first-order valence-corrected chi connectivity index (χ1v) is 6.19. The van der Waals surface area contributed by atoms with Crippen LogP contribution in [-0.2, 0) is 6.42 Å². The Kier molecular flexibility index (Phi) is 2.36. The van der Waals surface area contributed by atoms with Gasteiger partial charge in [-0.1, -0.05) is 30.3 Å². The second kappa shape index (κ2) is 3.74. The molecule has 0 spiro atoms. The molecule has 1 nitrogen and oxygen atoms in total. The topological polar surface area (TPSA) is 20.2 Å². The molecule has 1 N–H and O–H groups in total. The number of benzene rings is 1. The van der Waals surface area contributed by atoms with Crippen LogP contribution < -0.4 is 0 Å². The Hall–Kier alpha value is -1.08. The summed E-state index contributed by atoms with van der Waals surface area (Å²) in [5.41, 5.74) is 2.99. The predicted molar refractivity (Wildman–Crippen MR) is 65.3 cm³/mol. The van der Waals surface area contributed by atoms with Gasteiger partial charge in [0.15, 0.2) is 0 Å². The van der Waals surface area contributed by atoms with Gasteiger partial charge in [-0.15, -0.1) is 6.58 Å². The van der Waals surface area contributed by atoms with E-state index in [0.29, 0.717) is 11.8 Å². The first-order valence-electron chi connectivity index (χ1n) is 6.19. The van der Waals surface area contributed by atoms with Crippen molar-refractivity contribution in [3.63, 3.8) is 0 Å². The summed E-state index contributed by atoms with van der Waals surface area (Å²) in [6.07, 6.45) is 4.83. The Labute approximate surface area is 96.8 Å². The number of aryl methyl sites for hydroxylation is 1. The van der Waals surface area contributed by atoms with Gasteiger partial charge in [0, 0.05) is 0 Å². The molecule has 84 valence electrons. The molecule has 3 rings (SSSR count). The minimum absolute atomic E-state index is 0.182. The van der Waals surface area contributed by atoms with Crippen LogP contribution in [0.1, 0.15) is 29.9 Å². The summed E-state index contributed by atoms with van der Waals surface area (Å²) in [5.74, 6) is 1.84. The molecule has 16 heavy (non-hydrogen) atoms. The van der Waals surface area contributed by atoms with Gasteiger partial charge in [0.2, 0.25) is 0 Å². The van der Waals surface area contributed by atoms with Crippen LogP contribution in [0.2, 0.25) is 0 Å². The molecule has 0 bridgehead atoms. The number of fused-ring (bicyclic) bond motifs is 3. The number of hydrogen-bond acceptors (Lipinski definition) is 1. The SMILES string of the molecule is C=CCC(O)C1C2CCc3ccccc3C21. The molecule has 4 unspecified atom stereocenters. The van der Waals surface area contributed by atoms with Gasteiger partial charge in [0.1, 0.15) is 0 Å². The quantitative estimate of drug-likeness (QED) is 0.767. The third-order valence-electron chi connectivity index (χ3n) is 4.24. The molecular weight excluding hydrogens is 196 g/mol. The maximum atomic E-state index is 10.1. The van der Waals surface area contributed by atoms with Crippen molar-refractivity contribution in [3.05, 3.63) is 48.0 Å². The second-order valence-corrected chi connectivity index (χ2v) is 5.10. The van der Waals surface area contributed by atoms with Crippen molar-refractivity contribution in [2.75, 3.05) is 0 Å². The summed E-state index contributed by atoms with van der Waals surface area (Å²) >= 11 is 0. The maximum absolute atomic E-state index is 10.1. The van der Waals surface area contributed by atoms with E-state index < -0.39 is 0 Å². The van der Waals surface area contributed by atoms with Gasteiger partial charge in [0.25, 0.3) is 0 Å². The lowest BCUT2D eigenvalue weighted by Gasteiger charge is -2.13. The molecule has 4 atom stereocenters. The molecule has 0 amide bonds. The lowest BCUT2D eigenvalue weighted by Crippen LogP contribution is -2.09. The van der Waals surface area contributed by atoms with Crippen molar-refractivity contribution < 1.29 is 5.11 Å². The van der Waals surface area contributed by atoms with E-state index in [0.717, 1.165) is 12.3 Å². The predicted octanol–water partition coefficient (Wildman–Crippen LogP) is 2.90. The molecule has 0 aromatic heterocycles. The molecule has 0 aliphatic heterocycles. The van der Waals surface area contributed by atoms with Gasteiger partial charge in [0.05, 0.1) is 6.10 Å². The molecule has 0 heterocycles. The Bertz CT molecular complexity index is 410. The van der Waals surface area contributed by atoms with Crippen molar-refractivity contribution in [1.82, 2.24) is 0 Å². The molecule has 1 fully saturated rings. The Balaban J connectivity index is 1.84. The van der Waals surface area contributed by atoms with E-state index in [-0.39, 0.29) is 6.10 Å². The van der Waals surface area contributed by atoms with E-state index in [1.165, 1.54) is 24.0 Å². The first-order chi connectivity index (χ1) is 7.83. The minimum atomic E-state index is -0.182. The van der Waals surface area contributed by atoms with Crippen molar-refractivity contribution in [2.45, 2.75) is 31.3 Å². The summed E-state index contributed by atoms with van der Waals surface area (Å²) in [4.78, 5) is 0. The zero-order valence-electron chi connectivity index (χ0n) is 9.47. The molecule has 0 radical (unpaired) electrons. The lowest BCUT2D eigenvalue weighted by molar-refractivity contribution is 0.146. The monoisotopic (exact) mass is 214 g/mol. The lowest BCUT2D eigenvalue weighted by atomic mass is 9.92. The average Bonchev–Trinajstić information content (AvgIpc) is 3.04. The third kappa shape index (κ3) is 1.42. The molecule has 1 aromatic rings. The largest absolute Gasteiger partial charge is 0.392 e. The number of rotatable bonds is 3. The van der Waals surface area contributed by atoms with E-state index in [1.54, 1.807) is 0 Å². The van der Waals surface area contributed by atoms with Crippen molar-refractivity contribution >= 4 is 0 Å². The summed E-state index contributed by atoms with van der Waals surface area (Å²) < 4.78 is 0. The summed E-state index contributed by atoms with van der Waals surface area (Å²) in [5, 5.41) is 10.1. The maximum Gasteiger partial charge on any atom is 0.0611 e. The summed E-state index contributed by atoms with van der Waals surface area (Å²) in [6, 6.07) is 8.72. The molecule has 1 aromatic carbocycles. The molecule has 1 saturated carbocycles. The van der Waals surface area contributed by atoms with Crippen LogP contribution in [0.5, 0.6) is 0 Å². The van der Waals surface area contributed by atoms with Gasteiger partial charge < -0.3 is 5.11 Å². The van der Waals surface area contributed by atoms with Gasteiger partial charge in [-0.25, -0.2) is 0 Å². The van der Waals surface area contributed by atoms with E-state index in [2.05, 4.69) is 30.8 Å². The minimum Gasteiger partial charge on any atom is -0.392 e. The van der Waals surface area contributed by atoms with Crippen molar-refractivity contribution in [3.8, 4) is 0 Å². The van der Waals surface area contributed by atoms with Crippen LogP contribution in [0.3, 0.4) is 0 Å². The zero-order valence-corrected chi connectivity index (χ0v) is 9.47. The van der Waals surface area contributed by atoms with Crippen molar-refractivity contribution in [2.24, 2.45) is 11.8 Å². The van der Waals surface area contributed by atoms with E-state index in [1.807, 2.05) is 6.08 Å². The van der Waals surface area contributed by atoms with E-state index >= 15 is 0 Å². The Morgan fingerprint density at radius 3 is 3.06 bits per heavy atom. The standard InChI is InChI=1S/C15H18O/c1-2-5-13(16)15-12-9-8-10-6-3-4-7-11(10)14(12)15/h2-4,6-7,12-16H,1,5,8-9H2. The van der Waals surface area contributed by atoms with E-state index in [4.69, 9.17) is 0 Å². The zero-order chi connectivity index (χ0) is 11.1. The van der Waals surface area contributed by atoms with Crippen LogP contribution >= 0.6 is 0 Å². The number of hydrogen-bond donors (Lipinski definition) is 1. The number of aliphatic hydroxyl groups excluding tert-OH is 1. The first kappa shape index (κ1) is 10.1. The summed E-state index contributed by atoms with van der Waals surface area (Å²) in [7, 11) is 0. The molecule has 0 saturated heterocycles. The van der Waals surface area contributed by atoms with Crippen LogP contribution in [0.4, 0.5) is 0 Å². The highest BCUT2D eigenvalue weighted by atomic mass is 16.3. The Morgan fingerprint density at radius 2 is 2.25 bits per heavy atom. The third-order valence-corrected chi connectivity index (χ3v) is 4.24. The van der Waals surface area contributed by atoms with Gasteiger partial charge in [-0.2, -0.15) is 0 Å². The van der Waals surface area contributed by atoms with Crippen LogP contribution in [0.25, 0.3) is 0 Å². The summed E-state index contributed by atoms with van der Waals surface area (Å²) in [6.45, 7) is 3.71. The Morgan fingerprint density at radius 1 is 1.44 bits per heavy atom. The smallest absolute Gasteiger partial charge is 0.0611 e. The highest BCUT2D eigenvalue weighted by molar-refractivity contribution is 5.39. The van der Waals surface area contributed by atoms with Gasteiger partial charge >= 0.3 is 0 Å². The van der Waals surface area contributed by atoms with Crippen molar-refractivity contribution in [1.29, 1.82) is 0 Å². The van der Waals surface area contributed by atoms with Crippen LogP contribution in [0.15, 0.2) is 36.9 Å². The van der Waals surface area contributed by atoms with Gasteiger partial charge in [-0.05, 0) is 48.1 Å². The number of aliphatic hydroxyl groups is 1. The second-order valence-electron chi connectivity index (χ2n) is 5.10. The highest BCUT2D eigenvalue weighted by Gasteiger charge is 2.55. The normalized spacial score (nSPS) is 32.4. The molecular formula is C15H18O. The highest BCUT2D eigenvalue weighted by Crippen LogP contribution is 2.61. The molecule has 2 aliphatic carbocycles. The van der Waals surface area contributed by atoms with E-state index in [9.17, 15) is 5.11 Å². The average molecular weight is 214 g/mol. The van der Waals surface area contributed by atoms with Crippen LogP contribution in [0, 0.1) is 11.8 Å².